The molecule has 2 fully saturated rings. The maximum atomic E-state index is 12.1. The zero-order valence-electron chi connectivity index (χ0n) is 20.6. The minimum Gasteiger partial charge on any atom is -0.378 e. The van der Waals surface area contributed by atoms with E-state index in [0.29, 0.717) is 6.04 Å². The smallest absolute Gasteiger partial charge is 0.243 e. The third-order valence-corrected chi connectivity index (χ3v) is 7.64. The monoisotopic (exact) mass is 443 g/mol. The highest BCUT2D eigenvalue weighted by Crippen LogP contribution is 2.51. The van der Waals surface area contributed by atoms with Gasteiger partial charge >= 0.3 is 0 Å². The Morgan fingerprint density at radius 3 is 2.38 bits per heavy atom. The predicted molar refractivity (Wildman–Crippen MR) is 130 cm³/mol. The summed E-state index contributed by atoms with van der Waals surface area (Å²) in [4.78, 5) is 20.9. The van der Waals surface area contributed by atoms with E-state index >= 15 is 0 Å². The first-order chi connectivity index (χ1) is 15.1. The Morgan fingerprint density at radius 1 is 1.16 bits per heavy atom. The fourth-order valence-corrected chi connectivity index (χ4v) is 4.58. The standard InChI is InChI=1S/C25H41N5O2/c1-24(2)21(16-25(24,3)32-6)28-23(26-17-22(31)29(4)5)27-20-12-14-30(15-13-20)18-19-10-8-7-9-11-19/h7-11,20-21H,12-18H2,1-6H3,(H2,26,27,28). The summed E-state index contributed by atoms with van der Waals surface area (Å²) in [6.45, 7) is 9.85. The fourth-order valence-electron chi connectivity index (χ4n) is 4.58. The van der Waals surface area contributed by atoms with Crippen LogP contribution in [0.4, 0.5) is 0 Å². The van der Waals surface area contributed by atoms with E-state index in [9.17, 15) is 4.79 Å². The molecule has 2 atom stereocenters. The van der Waals surface area contributed by atoms with E-state index in [1.54, 1.807) is 26.1 Å². The first-order valence-corrected chi connectivity index (χ1v) is 11.7. The van der Waals surface area contributed by atoms with Crippen molar-refractivity contribution in [3.63, 3.8) is 0 Å². The van der Waals surface area contributed by atoms with Crippen molar-refractivity contribution in [2.45, 2.75) is 64.3 Å². The van der Waals surface area contributed by atoms with Gasteiger partial charge in [0.05, 0.1) is 5.60 Å². The number of piperidine rings is 1. The van der Waals surface area contributed by atoms with Gasteiger partial charge < -0.3 is 20.3 Å². The van der Waals surface area contributed by atoms with E-state index in [-0.39, 0.29) is 29.5 Å². The molecule has 1 heterocycles. The number of hydrogen-bond donors (Lipinski definition) is 2. The van der Waals surface area contributed by atoms with E-state index in [1.807, 2.05) is 0 Å². The van der Waals surface area contributed by atoms with E-state index in [1.165, 1.54) is 5.56 Å². The van der Waals surface area contributed by atoms with Crippen LogP contribution in [0.15, 0.2) is 35.3 Å². The average Bonchev–Trinajstić information content (AvgIpc) is 2.78. The number of likely N-dealkylation sites (N-methyl/N-ethyl adjacent to an activating group) is 1. The third kappa shape index (κ3) is 5.62. The van der Waals surface area contributed by atoms with Crippen molar-refractivity contribution < 1.29 is 9.53 Å². The SMILES string of the molecule is COC1(C)CC(NC(=NCC(=O)N(C)C)NC2CCN(Cc3ccccc3)CC2)C1(C)C. The van der Waals surface area contributed by atoms with Gasteiger partial charge in [0.2, 0.25) is 5.91 Å². The van der Waals surface area contributed by atoms with Gasteiger partial charge in [0, 0.05) is 58.3 Å². The van der Waals surface area contributed by atoms with Crippen LogP contribution in [0.2, 0.25) is 0 Å². The second-order valence-electron chi connectivity index (χ2n) is 10.2. The van der Waals surface area contributed by atoms with E-state index < -0.39 is 0 Å². The Hall–Kier alpha value is -2.12. The molecule has 1 aliphatic carbocycles. The lowest BCUT2D eigenvalue weighted by Gasteiger charge is -2.59. The van der Waals surface area contributed by atoms with E-state index in [0.717, 1.165) is 44.9 Å². The number of nitrogens with one attached hydrogen (secondary N) is 2. The Kier molecular flexibility index (Phi) is 7.83. The summed E-state index contributed by atoms with van der Waals surface area (Å²) >= 11 is 0. The molecule has 1 saturated carbocycles. The second-order valence-corrected chi connectivity index (χ2v) is 10.2. The van der Waals surface area contributed by atoms with Crippen molar-refractivity contribution in [2.75, 3.05) is 40.8 Å². The van der Waals surface area contributed by atoms with Crippen LogP contribution in [-0.2, 0) is 16.1 Å². The minimum atomic E-state index is -0.155. The summed E-state index contributed by atoms with van der Waals surface area (Å²) in [5, 5.41) is 7.22. The van der Waals surface area contributed by atoms with Crippen LogP contribution >= 0.6 is 0 Å². The van der Waals surface area contributed by atoms with Gasteiger partial charge in [0.15, 0.2) is 5.96 Å². The lowest BCUT2D eigenvalue weighted by atomic mass is 9.56. The van der Waals surface area contributed by atoms with Crippen LogP contribution in [0, 0.1) is 5.41 Å². The number of hydrogen-bond acceptors (Lipinski definition) is 4. The second kappa shape index (κ2) is 10.2. The van der Waals surface area contributed by atoms with Gasteiger partial charge in [0.25, 0.3) is 0 Å². The molecule has 1 aromatic rings. The highest BCUT2D eigenvalue weighted by atomic mass is 16.5. The van der Waals surface area contributed by atoms with Crippen molar-refractivity contribution in [1.82, 2.24) is 20.4 Å². The number of carbonyl (C=O) groups excluding carboxylic acids is 1. The summed E-state index contributed by atoms with van der Waals surface area (Å²) < 4.78 is 5.77. The zero-order valence-corrected chi connectivity index (χ0v) is 20.6. The van der Waals surface area contributed by atoms with Gasteiger partial charge in [-0.1, -0.05) is 44.2 Å². The molecule has 0 bridgehead atoms. The Balaban J connectivity index is 1.58. The lowest BCUT2D eigenvalue weighted by Crippen LogP contribution is -2.70. The van der Waals surface area contributed by atoms with Crippen molar-refractivity contribution in [3.05, 3.63) is 35.9 Å². The van der Waals surface area contributed by atoms with Gasteiger partial charge in [-0.25, -0.2) is 4.99 Å². The predicted octanol–water partition coefficient (Wildman–Crippen LogP) is 2.48. The number of methoxy groups -OCH3 is 1. The molecule has 178 valence electrons. The Labute approximate surface area is 193 Å². The molecular weight excluding hydrogens is 402 g/mol. The molecule has 1 aromatic carbocycles. The van der Waals surface area contributed by atoms with E-state index in [4.69, 9.17) is 4.74 Å². The molecule has 2 unspecified atom stereocenters. The number of guanidine groups is 1. The van der Waals surface area contributed by atoms with Crippen LogP contribution in [-0.4, -0.2) is 80.2 Å². The third-order valence-electron chi connectivity index (χ3n) is 7.64. The molecule has 0 spiro atoms. The van der Waals surface area contributed by atoms with Gasteiger partial charge in [-0.05, 0) is 31.7 Å². The molecular formula is C25H41N5O2. The van der Waals surface area contributed by atoms with Crippen LogP contribution in [0.1, 0.15) is 45.6 Å². The highest BCUT2D eigenvalue weighted by Gasteiger charge is 2.58. The van der Waals surface area contributed by atoms with Gasteiger partial charge in [0.1, 0.15) is 6.54 Å². The molecule has 1 aliphatic heterocycles. The van der Waals surface area contributed by atoms with Crippen LogP contribution in [0.3, 0.4) is 0 Å². The van der Waals surface area contributed by atoms with Gasteiger partial charge in [-0.2, -0.15) is 0 Å². The first kappa shape index (κ1) is 24.5. The maximum absolute atomic E-state index is 12.1. The van der Waals surface area contributed by atoms with E-state index in [2.05, 4.69) is 71.6 Å². The Bertz CT molecular complexity index is 787. The van der Waals surface area contributed by atoms with Crippen molar-refractivity contribution in [1.29, 1.82) is 0 Å². The highest BCUT2D eigenvalue weighted by molar-refractivity contribution is 5.85. The van der Waals surface area contributed by atoms with Crippen LogP contribution in [0.25, 0.3) is 0 Å². The van der Waals surface area contributed by atoms with Gasteiger partial charge in [-0.15, -0.1) is 0 Å². The summed E-state index contributed by atoms with van der Waals surface area (Å²) in [6, 6.07) is 11.2. The summed E-state index contributed by atoms with van der Waals surface area (Å²) in [5.74, 6) is 0.733. The molecule has 2 aliphatic rings. The van der Waals surface area contributed by atoms with Crippen molar-refractivity contribution in [3.8, 4) is 0 Å². The number of amides is 1. The van der Waals surface area contributed by atoms with Crippen molar-refractivity contribution >= 4 is 11.9 Å². The first-order valence-electron chi connectivity index (χ1n) is 11.7. The molecule has 0 radical (unpaired) electrons. The quantitative estimate of drug-likeness (QED) is 0.501. The maximum Gasteiger partial charge on any atom is 0.243 e. The topological polar surface area (TPSA) is 69.2 Å². The molecule has 7 nitrogen and oxygen atoms in total. The minimum absolute atomic E-state index is 0.00150. The molecule has 3 rings (SSSR count). The average molecular weight is 444 g/mol. The normalized spacial score (nSPS) is 26.3. The molecule has 7 heteroatoms. The van der Waals surface area contributed by atoms with Gasteiger partial charge in [-0.3, -0.25) is 9.69 Å². The number of carbonyl (C=O) groups is 1. The van der Waals surface area contributed by atoms with Crippen LogP contribution < -0.4 is 10.6 Å². The van der Waals surface area contributed by atoms with Crippen LogP contribution in [0.5, 0.6) is 0 Å². The number of rotatable bonds is 7. The summed E-state index contributed by atoms with van der Waals surface area (Å²) in [6.07, 6.45) is 3.02. The molecule has 1 amide bonds. The number of ether oxygens (including phenoxy) is 1. The summed E-state index contributed by atoms with van der Waals surface area (Å²) in [7, 11) is 5.31. The molecule has 2 N–H and O–H groups in total. The molecule has 0 aromatic heterocycles. The lowest BCUT2D eigenvalue weighted by molar-refractivity contribution is -0.176. The zero-order chi connectivity index (χ0) is 23.4. The number of benzene rings is 1. The Morgan fingerprint density at radius 2 is 1.81 bits per heavy atom. The molecule has 1 saturated heterocycles. The van der Waals surface area contributed by atoms with Crippen molar-refractivity contribution in [2.24, 2.45) is 10.4 Å². The fraction of sp³-hybridized carbons (Fsp3) is 0.680. The number of nitrogens with zero attached hydrogens (tertiary/aromatic N) is 3. The summed E-state index contributed by atoms with van der Waals surface area (Å²) in [5.41, 5.74) is 1.17. The molecule has 32 heavy (non-hydrogen) atoms. The largest absolute Gasteiger partial charge is 0.378 e. The number of likely N-dealkylation sites (tertiary alicyclic amines) is 1. The number of aliphatic imine (C=N–C) groups is 1.